The Morgan fingerprint density at radius 1 is 1.10 bits per heavy atom. The van der Waals surface area contributed by atoms with E-state index in [1.807, 2.05) is 6.07 Å². The molecule has 0 bridgehead atoms. The van der Waals surface area contributed by atoms with Crippen molar-refractivity contribution in [2.75, 3.05) is 18.0 Å². The second-order valence-corrected chi connectivity index (χ2v) is 6.75. The van der Waals surface area contributed by atoms with Gasteiger partial charge in [0.1, 0.15) is 5.82 Å². The summed E-state index contributed by atoms with van der Waals surface area (Å²) in [4.78, 5) is 2.43. The minimum Gasteiger partial charge on any atom is -0.371 e. The number of rotatable bonds is 4. The number of benzene rings is 1. The number of anilines is 1. The topological polar surface area (TPSA) is 15.3 Å². The Labute approximate surface area is 120 Å². The first-order chi connectivity index (χ1) is 9.81. The van der Waals surface area contributed by atoms with Gasteiger partial charge in [-0.15, -0.1) is 0 Å². The first-order valence-electron chi connectivity index (χ1n) is 8.07. The molecule has 1 heterocycles. The van der Waals surface area contributed by atoms with Crippen molar-refractivity contribution in [1.82, 2.24) is 5.32 Å². The molecule has 1 saturated heterocycles. The number of nitrogens with one attached hydrogen (secondary N) is 1. The predicted molar refractivity (Wildman–Crippen MR) is 79.3 cm³/mol. The van der Waals surface area contributed by atoms with Gasteiger partial charge in [0.2, 0.25) is 0 Å². The average Bonchev–Trinajstić information content (AvgIpc) is 3.01. The largest absolute Gasteiger partial charge is 0.371 e. The van der Waals surface area contributed by atoms with Gasteiger partial charge in [0.25, 0.3) is 0 Å². The van der Waals surface area contributed by atoms with Gasteiger partial charge in [-0.1, -0.05) is 12.5 Å². The van der Waals surface area contributed by atoms with Crippen LogP contribution in [-0.4, -0.2) is 19.1 Å². The maximum atomic E-state index is 14.2. The van der Waals surface area contributed by atoms with Crippen molar-refractivity contribution in [1.29, 1.82) is 0 Å². The van der Waals surface area contributed by atoms with Crippen LogP contribution in [-0.2, 0) is 6.54 Å². The highest BCUT2D eigenvalue weighted by Crippen LogP contribution is 2.40. The maximum Gasteiger partial charge on any atom is 0.129 e. The second-order valence-electron chi connectivity index (χ2n) is 6.75. The highest BCUT2D eigenvalue weighted by atomic mass is 19.1. The van der Waals surface area contributed by atoms with Crippen LogP contribution in [0.15, 0.2) is 18.2 Å². The van der Waals surface area contributed by atoms with E-state index in [-0.39, 0.29) is 5.82 Å². The normalized spacial score (nSPS) is 28.9. The Morgan fingerprint density at radius 3 is 2.55 bits per heavy atom. The van der Waals surface area contributed by atoms with Gasteiger partial charge in [0, 0.05) is 36.9 Å². The smallest absolute Gasteiger partial charge is 0.129 e. The van der Waals surface area contributed by atoms with E-state index in [0.717, 1.165) is 36.2 Å². The minimum atomic E-state index is -0.0484. The number of hydrogen-bond acceptors (Lipinski definition) is 2. The van der Waals surface area contributed by atoms with Gasteiger partial charge < -0.3 is 10.2 Å². The van der Waals surface area contributed by atoms with E-state index < -0.39 is 0 Å². The van der Waals surface area contributed by atoms with Crippen LogP contribution in [0.5, 0.6) is 0 Å². The van der Waals surface area contributed by atoms with Crippen molar-refractivity contribution in [3.05, 3.63) is 29.6 Å². The molecule has 4 rings (SSSR count). The first kappa shape index (κ1) is 12.6. The molecule has 1 aromatic rings. The molecule has 0 spiro atoms. The molecule has 2 atom stereocenters. The van der Waals surface area contributed by atoms with Gasteiger partial charge in [-0.2, -0.15) is 0 Å². The average molecular weight is 274 g/mol. The van der Waals surface area contributed by atoms with E-state index in [1.54, 1.807) is 6.07 Å². The van der Waals surface area contributed by atoms with Crippen molar-refractivity contribution >= 4 is 5.69 Å². The molecule has 3 heteroatoms. The maximum absolute atomic E-state index is 14.2. The van der Waals surface area contributed by atoms with Crippen LogP contribution in [0.25, 0.3) is 0 Å². The molecule has 2 nitrogen and oxygen atoms in total. The van der Waals surface area contributed by atoms with Crippen molar-refractivity contribution < 1.29 is 4.39 Å². The van der Waals surface area contributed by atoms with Gasteiger partial charge in [0.15, 0.2) is 0 Å². The molecule has 3 aliphatic rings. The fourth-order valence-corrected chi connectivity index (χ4v) is 3.98. The zero-order valence-corrected chi connectivity index (χ0v) is 11.9. The van der Waals surface area contributed by atoms with E-state index in [4.69, 9.17) is 0 Å². The molecule has 2 unspecified atom stereocenters. The predicted octanol–water partition coefficient (Wildman–Crippen LogP) is 3.31. The Morgan fingerprint density at radius 2 is 1.85 bits per heavy atom. The van der Waals surface area contributed by atoms with Crippen molar-refractivity contribution in [3.63, 3.8) is 0 Å². The van der Waals surface area contributed by atoms with E-state index in [1.165, 1.54) is 32.1 Å². The summed E-state index contributed by atoms with van der Waals surface area (Å²) >= 11 is 0. The fourth-order valence-electron chi connectivity index (χ4n) is 3.98. The summed E-state index contributed by atoms with van der Waals surface area (Å²) in [5.41, 5.74) is 2.01. The zero-order chi connectivity index (χ0) is 13.5. The molecular weight excluding hydrogens is 251 g/mol. The lowest BCUT2D eigenvalue weighted by Gasteiger charge is -2.23. The van der Waals surface area contributed by atoms with E-state index in [0.29, 0.717) is 12.6 Å². The Hall–Kier alpha value is -1.09. The van der Waals surface area contributed by atoms with Crippen molar-refractivity contribution in [2.24, 2.45) is 11.8 Å². The highest BCUT2D eigenvalue weighted by Gasteiger charge is 2.37. The summed E-state index contributed by atoms with van der Waals surface area (Å²) < 4.78 is 14.2. The van der Waals surface area contributed by atoms with Crippen LogP contribution in [0.1, 0.15) is 37.7 Å². The molecule has 2 aliphatic carbocycles. The highest BCUT2D eigenvalue weighted by molar-refractivity contribution is 5.55. The van der Waals surface area contributed by atoms with Crippen molar-refractivity contribution in [2.45, 2.75) is 44.7 Å². The molecule has 2 saturated carbocycles. The van der Waals surface area contributed by atoms with E-state index >= 15 is 0 Å². The van der Waals surface area contributed by atoms with Gasteiger partial charge in [0.05, 0.1) is 0 Å². The van der Waals surface area contributed by atoms with Crippen molar-refractivity contribution in [3.8, 4) is 0 Å². The van der Waals surface area contributed by atoms with Crippen LogP contribution in [0, 0.1) is 17.7 Å². The number of hydrogen-bond donors (Lipinski definition) is 1. The summed E-state index contributed by atoms with van der Waals surface area (Å²) in [6, 6.07) is 6.19. The van der Waals surface area contributed by atoms with Crippen LogP contribution in [0.4, 0.5) is 10.1 Å². The molecule has 108 valence electrons. The Bertz CT molecular complexity index is 486. The van der Waals surface area contributed by atoms with Gasteiger partial charge in [-0.05, 0) is 49.7 Å². The summed E-state index contributed by atoms with van der Waals surface area (Å²) in [5, 5.41) is 3.46. The third-order valence-corrected chi connectivity index (χ3v) is 5.31. The summed E-state index contributed by atoms with van der Waals surface area (Å²) in [5.74, 6) is 1.65. The second kappa shape index (κ2) is 5.03. The SMILES string of the molecule is Fc1cccc(N2CC3CCCC3C2)c1CNC1CC1. The Kier molecular flexibility index (Phi) is 3.18. The van der Waals surface area contributed by atoms with Crippen LogP contribution < -0.4 is 10.2 Å². The number of nitrogens with zero attached hydrogens (tertiary/aromatic N) is 1. The number of halogens is 1. The van der Waals surface area contributed by atoms with E-state index in [2.05, 4.69) is 16.3 Å². The van der Waals surface area contributed by atoms with Gasteiger partial charge in [-0.3, -0.25) is 0 Å². The lowest BCUT2D eigenvalue weighted by Crippen LogP contribution is -2.25. The lowest BCUT2D eigenvalue weighted by atomic mass is 10.0. The molecule has 1 aliphatic heterocycles. The molecular formula is C17H23FN2. The molecule has 20 heavy (non-hydrogen) atoms. The van der Waals surface area contributed by atoms with Gasteiger partial charge >= 0.3 is 0 Å². The summed E-state index contributed by atoms with van der Waals surface area (Å²) in [7, 11) is 0. The van der Waals surface area contributed by atoms with Crippen LogP contribution >= 0.6 is 0 Å². The molecule has 1 aromatic carbocycles. The third kappa shape index (κ3) is 2.32. The molecule has 0 radical (unpaired) electrons. The summed E-state index contributed by atoms with van der Waals surface area (Å²) in [6.07, 6.45) is 6.62. The number of fused-ring (bicyclic) bond motifs is 1. The standard InChI is InChI=1S/C17H23FN2/c18-16-5-2-6-17(15(16)9-19-14-7-8-14)20-10-12-3-1-4-13(12)11-20/h2,5-6,12-14,19H,1,3-4,7-11H2. The monoisotopic (exact) mass is 274 g/mol. The summed E-state index contributed by atoms with van der Waals surface area (Å²) in [6.45, 7) is 2.94. The quantitative estimate of drug-likeness (QED) is 0.906. The van der Waals surface area contributed by atoms with E-state index in [9.17, 15) is 4.39 Å². The molecule has 1 N–H and O–H groups in total. The zero-order valence-electron chi connectivity index (χ0n) is 11.9. The lowest BCUT2D eigenvalue weighted by molar-refractivity contribution is 0.494. The fraction of sp³-hybridized carbons (Fsp3) is 0.647. The van der Waals surface area contributed by atoms with Crippen LogP contribution in [0.3, 0.4) is 0 Å². The molecule has 3 fully saturated rings. The van der Waals surface area contributed by atoms with Crippen LogP contribution in [0.2, 0.25) is 0 Å². The first-order valence-corrected chi connectivity index (χ1v) is 8.07. The third-order valence-electron chi connectivity index (χ3n) is 5.31. The molecule has 0 amide bonds. The Balaban J connectivity index is 1.55. The minimum absolute atomic E-state index is 0.0484. The molecule has 0 aromatic heterocycles. The van der Waals surface area contributed by atoms with Gasteiger partial charge in [-0.25, -0.2) is 4.39 Å².